The van der Waals surface area contributed by atoms with Gasteiger partial charge in [-0.15, -0.1) is 0 Å². The van der Waals surface area contributed by atoms with E-state index >= 15 is 0 Å². The summed E-state index contributed by atoms with van der Waals surface area (Å²) in [5.41, 5.74) is 6.85. The van der Waals surface area contributed by atoms with Gasteiger partial charge in [0.1, 0.15) is 5.75 Å². The Balaban J connectivity index is 1.51. The van der Waals surface area contributed by atoms with E-state index in [-0.39, 0.29) is 5.91 Å². The van der Waals surface area contributed by atoms with Crippen LogP contribution in [0.4, 0.5) is 0 Å². The summed E-state index contributed by atoms with van der Waals surface area (Å²) < 4.78 is 10.9. The lowest BCUT2D eigenvalue weighted by Gasteiger charge is -2.42. The number of amides is 1. The molecule has 2 fully saturated rings. The van der Waals surface area contributed by atoms with Crippen LogP contribution in [0.15, 0.2) is 24.3 Å². The van der Waals surface area contributed by atoms with Crippen LogP contribution in [0.2, 0.25) is 0 Å². The highest BCUT2D eigenvalue weighted by Gasteiger charge is 2.42. The molecule has 6 heteroatoms. The number of ether oxygens (including phenoxy) is 2. The smallest absolute Gasteiger partial charge is 0.230 e. The fraction of sp³-hybridized carbons (Fsp3) is 0.650. The minimum atomic E-state index is -0.407. The molecule has 2 saturated heterocycles. The molecule has 0 radical (unpaired) electrons. The van der Waals surface area contributed by atoms with Crippen LogP contribution in [-0.4, -0.2) is 68.3 Å². The Kier molecular flexibility index (Phi) is 6.51. The topological polar surface area (TPSA) is 68.0 Å². The highest BCUT2D eigenvalue weighted by atomic mass is 16.5. The Morgan fingerprint density at radius 1 is 1.15 bits per heavy atom. The van der Waals surface area contributed by atoms with Crippen molar-refractivity contribution in [1.29, 1.82) is 0 Å². The van der Waals surface area contributed by atoms with Crippen molar-refractivity contribution in [2.24, 2.45) is 11.1 Å². The van der Waals surface area contributed by atoms with Crippen LogP contribution in [0.25, 0.3) is 0 Å². The van der Waals surface area contributed by atoms with Gasteiger partial charge >= 0.3 is 0 Å². The average molecular weight is 361 g/mol. The van der Waals surface area contributed by atoms with Gasteiger partial charge in [0.25, 0.3) is 0 Å². The molecule has 0 unspecified atom stereocenters. The van der Waals surface area contributed by atoms with E-state index in [4.69, 9.17) is 15.2 Å². The molecule has 2 heterocycles. The summed E-state index contributed by atoms with van der Waals surface area (Å²) >= 11 is 0. The predicted octanol–water partition coefficient (Wildman–Crippen LogP) is 1.49. The molecule has 0 saturated carbocycles. The standard InChI is InChI=1S/C20H31N3O3/c1-2-26-18-5-3-17(4-6-18)15-22-9-11-23(12-10-22)19(24)20(16-21)7-13-25-14-8-20/h3-6H,2,7-16,21H2,1H3. The van der Waals surface area contributed by atoms with E-state index in [1.807, 2.05) is 24.0 Å². The highest BCUT2D eigenvalue weighted by molar-refractivity contribution is 5.83. The van der Waals surface area contributed by atoms with E-state index in [0.717, 1.165) is 51.3 Å². The normalized spacial score (nSPS) is 20.8. The average Bonchev–Trinajstić information content (AvgIpc) is 2.70. The fourth-order valence-electron chi connectivity index (χ4n) is 3.83. The van der Waals surface area contributed by atoms with Crippen molar-refractivity contribution < 1.29 is 14.3 Å². The number of carbonyl (C=O) groups is 1. The number of hydrogen-bond acceptors (Lipinski definition) is 5. The second kappa shape index (κ2) is 8.84. The van der Waals surface area contributed by atoms with Crippen LogP contribution in [0.1, 0.15) is 25.3 Å². The zero-order chi connectivity index (χ0) is 18.4. The van der Waals surface area contributed by atoms with E-state index in [2.05, 4.69) is 17.0 Å². The Bertz CT molecular complexity index is 576. The summed E-state index contributed by atoms with van der Waals surface area (Å²) in [6.45, 7) is 8.63. The molecule has 0 bridgehead atoms. The first-order valence-corrected chi connectivity index (χ1v) is 9.68. The maximum atomic E-state index is 13.0. The van der Waals surface area contributed by atoms with Gasteiger partial charge in [-0.05, 0) is 37.5 Å². The lowest BCUT2D eigenvalue weighted by atomic mass is 9.78. The van der Waals surface area contributed by atoms with Gasteiger partial charge in [-0.2, -0.15) is 0 Å². The summed E-state index contributed by atoms with van der Waals surface area (Å²) in [6, 6.07) is 8.28. The number of carbonyl (C=O) groups excluding carboxylic acids is 1. The van der Waals surface area contributed by atoms with E-state index < -0.39 is 5.41 Å². The van der Waals surface area contributed by atoms with Crippen molar-refractivity contribution >= 4 is 5.91 Å². The van der Waals surface area contributed by atoms with Crippen molar-refractivity contribution in [2.75, 3.05) is 52.5 Å². The van der Waals surface area contributed by atoms with Crippen molar-refractivity contribution in [3.8, 4) is 5.75 Å². The molecule has 144 valence electrons. The molecule has 0 atom stereocenters. The quantitative estimate of drug-likeness (QED) is 0.831. The first kappa shape index (κ1) is 19.1. The van der Waals surface area contributed by atoms with E-state index in [9.17, 15) is 4.79 Å². The van der Waals surface area contributed by atoms with Crippen LogP contribution >= 0.6 is 0 Å². The molecule has 1 aromatic carbocycles. The molecule has 0 aliphatic carbocycles. The zero-order valence-corrected chi connectivity index (χ0v) is 15.8. The number of hydrogen-bond donors (Lipinski definition) is 1. The van der Waals surface area contributed by atoms with Gasteiger partial charge in [0, 0.05) is 52.5 Å². The summed E-state index contributed by atoms with van der Waals surface area (Å²) in [5, 5.41) is 0. The van der Waals surface area contributed by atoms with Crippen molar-refractivity contribution in [1.82, 2.24) is 9.80 Å². The van der Waals surface area contributed by atoms with Gasteiger partial charge in [0.15, 0.2) is 0 Å². The summed E-state index contributed by atoms with van der Waals surface area (Å²) in [7, 11) is 0. The Morgan fingerprint density at radius 2 is 1.81 bits per heavy atom. The molecule has 1 amide bonds. The van der Waals surface area contributed by atoms with E-state index in [1.165, 1.54) is 5.56 Å². The monoisotopic (exact) mass is 361 g/mol. The molecule has 2 aliphatic rings. The first-order valence-electron chi connectivity index (χ1n) is 9.68. The van der Waals surface area contributed by atoms with Gasteiger partial charge in [-0.3, -0.25) is 9.69 Å². The molecule has 0 spiro atoms. The fourth-order valence-corrected chi connectivity index (χ4v) is 3.83. The minimum absolute atomic E-state index is 0.226. The van der Waals surface area contributed by atoms with Gasteiger partial charge in [0.2, 0.25) is 5.91 Å². The number of nitrogens with two attached hydrogens (primary N) is 1. The molecule has 2 N–H and O–H groups in total. The summed E-state index contributed by atoms with van der Waals surface area (Å²) in [4.78, 5) is 17.4. The number of benzene rings is 1. The summed E-state index contributed by atoms with van der Waals surface area (Å²) in [6.07, 6.45) is 1.49. The van der Waals surface area contributed by atoms with Crippen LogP contribution in [0.5, 0.6) is 5.75 Å². The molecule has 26 heavy (non-hydrogen) atoms. The highest BCUT2D eigenvalue weighted by Crippen LogP contribution is 2.32. The van der Waals surface area contributed by atoms with Gasteiger partial charge in [-0.25, -0.2) is 0 Å². The lowest BCUT2D eigenvalue weighted by Crippen LogP contribution is -2.56. The number of piperazine rings is 1. The molecule has 3 rings (SSSR count). The minimum Gasteiger partial charge on any atom is -0.494 e. The summed E-state index contributed by atoms with van der Waals surface area (Å²) in [5.74, 6) is 1.14. The molecular formula is C20H31N3O3. The van der Waals surface area contributed by atoms with Gasteiger partial charge in [-0.1, -0.05) is 12.1 Å². The van der Waals surface area contributed by atoms with E-state index in [1.54, 1.807) is 0 Å². The third kappa shape index (κ3) is 4.37. The SMILES string of the molecule is CCOc1ccc(CN2CCN(C(=O)C3(CN)CCOCC3)CC2)cc1. The largest absolute Gasteiger partial charge is 0.494 e. The molecule has 2 aliphatic heterocycles. The predicted molar refractivity (Wildman–Crippen MR) is 101 cm³/mol. The Labute approximate surface area is 156 Å². The van der Waals surface area contributed by atoms with Gasteiger partial charge < -0.3 is 20.1 Å². The van der Waals surface area contributed by atoms with Gasteiger partial charge in [0.05, 0.1) is 12.0 Å². The molecular weight excluding hydrogens is 330 g/mol. The van der Waals surface area contributed by atoms with Crippen molar-refractivity contribution in [3.05, 3.63) is 29.8 Å². The van der Waals surface area contributed by atoms with Crippen molar-refractivity contribution in [2.45, 2.75) is 26.3 Å². The molecule has 6 nitrogen and oxygen atoms in total. The first-order chi connectivity index (χ1) is 12.7. The van der Waals surface area contributed by atoms with Crippen LogP contribution in [0, 0.1) is 5.41 Å². The Hall–Kier alpha value is -1.63. The third-order valence-electron chi connectivity index (χ3n) is 5.59. The second-order valence-electron chi connectivity index (χ2n) is 7.24. The van der Waals surface area contributed by atoms with Crippen LogP contribution < -0.4 is 10.5 Å². The van der Waals surface area contributed by atoms with E-state index in [0.29, 0.717) is 26.4 Å². The maximum absolute atomic E-state index is 13.0. The molecule has 1 aromatic rings. The third-order valence-corrected chi connectivity index (χ3v) is 5.59. The van der Waals surface area contributed by atoms with Crippen molar-refractivity contribution in [3.63, 3.8) is 0 Å². The second-order valence-corrected chi connectivity index (χ2v) is 7.24. The maximum Gasteiger partial charge on any atom is 0.230 e. The Morgan fingerprint density at radius 3 is 2.38 bits per heavy atom. The number of nitrogens with zero attached hydrogens (tertiary/aromatic N) is 2. The van der Waals surface area contributed by atoms with Crippen LogP contribution in [-0.2, 0) is 16.1 Å². The number of rotatable bonds is 6. The van der Waals surface area contributed by atoms with Crippen LogP contribution in [0.3, 0.4) is 0 Å². The zero-order valence-electron chi connectivity index (χ0n) is 15.8. The lowest BCUT2D eigenvalue weighted by molar-refractivity contribution is -0.149. The molecule has 0 aromatic heterocycles.